The van der Waals surface area contributed by atoms with E-state index in [2.05, 4.69) is 10.3 Å². The van der Waals surface area contributed by atoms with E-state index >= 15 is 0 Å². The number of para-hydroxylation sites is 3. The Kier molecular flexibility index (Phi) is 5.88. The van der Waals surface area contributed by atoms with Crippen LogP contribution in [0.3, 0.4) is 0 Å². The monoisotopic (exact) mass is 446 g/mol. The predicted octanol–water partition coefficient (Wildman–Crippen LogP) is 4.01. The van der Waals surface area contributed by atoms with Crippen molar-refractivity contribution in [2.45, 2.75) is 25.1 Å². The Labute approximate surface area is 181 Å². The summed E-state index contributed by atoms with van der Waals surface area (Å²) in [5.41, 5.74) is 0.0577. The van der Waals surface area contributed by atoms with Gasteiger partial charge in [-0.2, -0.15) is 13.2 Å². The van der Waals surface area contributed by atoms with Gasteiger partial charge in [-0.1, -0.05) is 24.3 Å². The Balaban J connectivity index is 1.62. The summed E-state index contributed by atoms with van der Waals surface area (Å²) in [6.07, 6.45) is -4.36. The second-order valence-electron chi connectivity index (χ2n) is 7.42. The van der Waals surface area contributed by atoms with E-state index in [1.807, 2.05) is 6.07 Å². The molecule has 0 bridgehead atoms. The molecule has 1 N–H and O–H groups in total. The number of hydrogen-bond donors (Lipinski definition) is 1. The van der Waals surface area contributed by atoms with Gasteiger partial charge in [0.1, 0.15) is 6.04 Å². The first kappa shape index (κ1) is 21.8. The van der Waals surface area contributed by atoms with Crippen molar-refractivity contribution in [3.8, 4) is 0 Å². The van der Waals surface area contributed by atoms with Gasteiger partial charge in [0.05, 0.1) is 28.7 Å². The van der Waals surface area contributed by atoms with Crippen LogP contribution in [0.1, 0.15) is 24.4 Å². The van der Waals surface area contributed by atoms with Gasteiger partial charge in [0.2, 0.25) is 11.9 Å². The Morgan fingerprint density at radius 3 is 2.62 bits per heavy atom. The second-order valence-corrected chi connectivity index (χ2v) is 7.42. The van der Waals surface area contributed by atoms with Gasteiger partial charge >= 0.3 is 6.18 Å². The number of nitrogens with zero attached hydrogens (tertiary/aromatic N) is 3. The summed E-state index contributed by atoms with van der Waals surface area (Å²) in [6.45, 7) is 0.800. The van der Waals surface area contributed by atoms with Crippen LogP contribution in [0.4, 0.5) is 24.8 Å². The summed E-state index contributed by atoms with van der Waals surface area (Å²) in [4.78, 5) is 31.9. The van der Waals surface area contributed by atoms with Crippen LogP contribution in [0, 0.1) is 0 Å². The lowest BCUT2D eigenvalue weighted by molar-refractivity contribution is -0.137. The average Bonchev–Trinajstić information content (AvgIpc) is 3.24. The number of benzene rings is 2. The topological polar surface area (TPSA) is 76.5 Å². The molecule has 32 heavy (non-hydrogen) atoms. The molecule has 2 amide bonds. The zero-order chi connectivity index (χ0) is 22.9. The van der Waals surface area contributed by atoms with E-state index < -0.39 is 23.7 Å². The first-order valence-electron chi connectivity index (χ1n) is 10.0. The molecule has 2 heterocycles. The molecule has 0 saturated carbocycles. The van der Waals surface area contributed by atoms with E-state index in [-0.39, 0.29) is 18.0 Å². The highest BCUT2D eigenvalue weighted by molar-refractivity contribution is 6.05. The zero-order valence-corrected chi connectivity index (χ0v) is 17.2. The van der Waals surface area contributed by atoms with Crippen LogP contribution in [0.5, 0.6) is 0 Å². The van der Waals surface area contributed by atoms with Crippen molar-refractivity contribution in [3.63, 3.8) is 0 Å². The Morgan fingerprint density at radius 1 is 1.16 bits per heavy atom. The number of nitrogens with one attached hydrogen (secondary N) is 1. The summed E-state index contributed by atoms with van der Waals surface area (Å²) < 4.78 is 46.5. The fourth-order valence-corrected chi connectivity index (χ4v) is 3.89. The van der Waals surface area contributed by atoms with E-state index in [1.165, 1.54) is 23.1 Å². The van der Waals surface area contributed by atoms with Gasteiger partial charge in [0.25, 0.3) is 5.91 Å². The van der Waals surface area contributed by atoms with Crippen molar-refractivity contribution in [2.24, 2.45) is 0 Å². The van der Waals surface area contributed by atoms with Crippen molar-refractivity contribution in [1.29, 1.82) is 0 Å². The van der Waals surface area contributed by atoms with Crippen LogP contribution in [0.2, 0.25) is 0 Å². The number of ether oxygens (including phenoxy) is 1. The summed E-state index contributed by atoms with van der Waals surface area (Å²) in [7, 11) is 1.56. The Morgan fingerprint density at radius 2 is 1.88 bits per heavy atom. The summed E-state index contributed by atoms with van der Waals surface area (Å²) in [5.74, 6) is -0.600. The number of methoxy groups -OCH3 is 1. The normalized spacial score (nSPS) is 15.9. The quantitative estimate of drug-likeness (QED) is 0.557. The maximum Gasteiger partial charge on any atom is 0.418 e. The first-order chi connectivity index (χ1) is 15.3. The highest BCUT2D eigenvalue weighted by Crippen LogP contribution is 2.38. The number of alkyl halides is 3. The first-order valence-corrected chi connectivity index (χ1v) is 10.0. The maximum absolute atomic E-state index is 13.3. The lowest BCUT2D eigenvalue weighted by Crippen LogP contribution is -2.32. The molecule has 7 nitrogen and oxygen atoms in total. The number of anilines is 2. The molecule has 0 unspecified atom stereocenters. The number of carbonyl (C=O) groups excluding carboxylic acids is 2. The van der Waals surface area contributed by atoms with Crippen LogP contribution in [-0.2, 0) is 20.5 Å². The Hall–Kier alpha value is -3.40. The minimum atomic E-state index is -4.61. The SMILES string of the molecule is COCCCN1C(=O)[C@@H](CC(=O)Nc2ccccc2C(F)(F)F)n2c1nc1ccccc12. The summed E-state index contributed by atoms with van der Waals surface area (Å²) in [6, 6.07) is 11.0. The summed E-state index contributed by atoms with van der Waals surface area (Å²) >= 11 is 0. The van der Waals surface area contributed by atoms with Gasteiger partial charge in [-0.05, 0) is 30.7 Å². The van der Waals surface area contributed by atoms with Gasteiger partial charge in [-0.3, -0.25) is 19.1 Å². The number of amides is 2. The van der Waals surface area contributed by atoms with E-state index in [4.69, 9.17) is 4.74 Å². The molecule has 2 aromatic carbocycles. The van der Waals surface area contributed by atoms with Crippen molar-refractivity contribution in [3.05, 3.63) is 54.1 Å². The molecule has 168 valence electrons. The lowest BCUT2D eigenvalue weighted by atomic mass is 10.1. The minimum absolute atomic E-state index is 0.320. The van der Waals surface area contributed by atoms with Crippen molar-refractivity contribution < 1.29 is 27.5 Å². The number of hydrogen-bond acceptors (Lipinski definition) is 4. The third kappa shape index (κ3) is 4.05. The van der Waals surface area contributed by atoms with Crippen LogP contribution >= 0.6 is 0 Å². The third-order valence-electron chi connectivity index (χ3n) is 5.30. The van der Waals surface area contributed by atoms with Gasteiger partial charge in [0, 0.05) is 20.3 Å². The second kappa shape index (κ2) is 8.62. The standard InChI is InChI=1S/C22H21F3N4O3/c1-32-12-6-11-28-20(31)18(29-17-10-5-4-9-16(17)27-21(28)29)13-19(30)26-15-8-3-2-7-14(15)22(23,24)25/h2-5,7-10,18H,6,11-13H2,1H3,(H,26,30)/t18-/m1/s1. The van der Waals surface area contributed by atoms with Crippen molar-refractivity contribution in [2.75, 3.05) is 30.5 Å². The molecule has 1 aromatic heterocycles. The minimum Gasteiger partial charge on any atom is -0.385 e. The smallest absolute Gasteiger partial charge is 0.385 e. The number of aromatic nitrogens is 2. The molecule has 1 aliphatic heterocycles. The molecule has 4 rings (SSSR count). The third-order valence-corrected chi connectivity index (χ3v) is 5.30. The number of imidazole rings is 1. The van der Waals surface area contributed by atoms with E-state index in [1.54, 1.807) is 29.9 Å². The highest BCUT2D eigenvalue weighted by Gasteiger charge is 2.41. The average molecular weight is 446 g/mol. The molecule has 1 aliphatic rings. The molecule has 0 fully saturated rings. The molecule has 0 radical (unpaired) electrons. The van der Waals surface area contributed by atoms with Crippen LogP contribution in [0.15, 0.2) is 48.5 Å². The van der Waals surface area contributed by atoms with Gasteiger partial charge < -0.3 is 10.1 Å². The molecule has 0 saturated heterocycles. The molecule has 10 heteroatoms. The van der Waals surface area contributed by atoms with E-state index in [9.17, 15) is 22.8 Å². The number of carbonyl (C=O) groups is 2. The Bertz CT molecular complexity index is 1160. The van der Waals surface area contributed by atoms with Gasteiger partial charge in [-0.15, -0.1) is 0 Å². The van der Waals surface area contributed by atoms with Crippen LogP contribution in [-0.4, -0.2) is 41.6 Å². The van der Waals surface area contributed by atoms with Gasteiger partial charge in [0.15, 0.2) is 0 Å². The predicted molar refractivity (Wildman–Crippen MR) is 112 cm³/mol. The zero-order valence-electron chi connectivity index (χ0n) is 17.2. The van der Waals surface area contributed by atoms with E-state index in [0.29, 0.717) is 36.6 Å². The molecule has 0 aliphatic carbocycles. The van der Waals surface area contributed by atoms with Crippen molar-refractivity contribution >= 4 is 34.5 Å². The van der Waals surface area contributed by atoms with Crippen LogP contribution in [0.25, 0.3) is 11.0 Å². The number of rotatable bonds is 7. The van der Waals surface area contributed by atoms with Crippen molar-refractivity contribution in [1.82, 2.24) is 9.55 Å². The molecular weight excluding hydrogens is 425 g/mol. The molecule has 3 aromatic rings. The number of fused-ring (bicyclic) bond motifs is 3. The number of halogens is 3. The lowest BCUT2D eigenvalue weighted by Gasteiger charge is -2.17. The molecular formula is C22H21F3N4O3. The fraction of sp³-hybridized carbons (Fsp3) is 0.318. The maximum atomic E-state index is 13.3. The van der Waals surface area contributed by atoms with Crippen LogP contribution < -0.4 is 10.2 Å². The largest absolute Gasteiger partial charge is 0.418 e. The molecule has 0 spiro atoms. The molecule has 1 atom stereocenters. The fourth-order valence-electron chi connectivity index (χ4n) is 3.89. The van der Waals surface area contributed by atoms with E-state index in [0.717, 1.165) is 6.07 Å². The summed E-state index contributed by atoms with van der Waals surface area (Å²) in [5, 5.41) is 2.32. The van der Waals surface area contributed by atoms with Gasteiger partial charge in [-0.25, -0.2) is 4.98 Å². The highest BCUT2D eigenvalue weighted by atomic mass is 19.4.